The summed E-state index contributed by atoms with van der Waals surface area (Å²) in [5, 5.41) is 0.726. The van der Waals surface area contributed by atoms with Gasteiger partial charge < -0.3 is 10.7 Å². The lowest BCUT2D eigenvalue weighted by molar-refractivity contribution is 0.100. The number of nitrogens with two attached hydrogens (primary N) is 1. The first-order valence-electron chi connectivity index (χ1n) is 4.64. The van der Waals surface area contributed by atoms with Crippen LogP contribution in [0.3, 0.4) is 0 Å². The number of carbonyl (C=O) groups is 1. The molecule has 0 fully saturated rings. The monoisotopic (exact) mass is 206 g/mol. The fourth-order valence-corrected chi connectivity index (χ4v) is 1.77. The van der Waals surface area contributed by atoms with Crippen LogP contribution in [0.4, 0.5) is 4.39 Å². The van der Waals surface area contributed by atoms with Crippen molar-refractivity contribution in [2.75, 3.05) is 6.54 Å². The van der Waals surface area contributed by atoms with Gasteiger partial charge in [-0.1, -0.05) is 0 Å². The van der Waals surface area contributed by atoms with Crippen LogP contribution >= 0.6 is 0 Å². The minimum atomic E-state index is -0.324. The van der Waals surface area contributed by atoms with Gasteiger partial charge in [0.15, 0.2) is 5.78 Å². The number of hydrogen-bond acceptors (Lipinski definition) is 2. The zero-order valence-electron chi connectivity index (χ0n) is 8.30. The number of nitrogens with one attached hydrogen (secondary N) is 1. The number of fused-ring (bicyclic) bond motifs is 1. The first kappa shape index (κ1) is 9.86. The number of ketones is 1. The Hall–Kier alpha value is -1.68. The number of Topliss-reactive ketones (excluding diaryl/α,β-unsaturated/α-hetero) is 1. The summed E-state index contributed by atoms with van der Waals surface area (Å²) in [7, 11) is 0. The number of hydrogen-bond donors (Lipinski definition) is 2. The smallest absolute Gasteiger partial charge is 0.178 e. The number of rotatable bonds is 2. The highest BCUT2D eigenvalue weighted by molar-refractivity contribution is 6.10. The van der Waals surface area contributed by atoms with E-state index in [2.05, 4.69) is 4.98 Å². The lowest BCUT2D eigenvalue weighted by Gasteiger charge is -1.96. The molecule has 78 valence electrons. The van der Waals surface area contributed by atoms with Crippen molar-refractivity contribution in [3.05, 3.63) is 35.3 Å². The van der Waals surface area contributed by atoms with E-state index in [0.29, 0.717) is 11.1 Å². The standard InChI is InChI=1S/C11H11FN2O/c1-6-11(10(15)5-13)8-3-2-7(12)4-9(8)14-6/h2-4,14H,5,13H2,1H3. The molecule has 0 amide bonds. The summed E-state index contributed by atoms with van der Waals surface area (Å²) >= 11 is 0. The van der Waals surface area contributed by atoms with Crippen LogP contribution < -0.4 is 5.73 Å². The molecule has 3 N–H and O–H groups in total. The van der Waals surface area contributed by atoms with Gasteiger partial charge >= 0.3 is 0 Å². The van der Waals surface area contributed by atoms with Gasteiger partial charge in [-0.05, 0) is 25.1 Å². The Balaban J connectivity index is 2.73. The Morgan fingerprint density at radius 2 is 2.27 bits per heavy atom. The molecule has 0 unspecified atom stereocenters. The molecular weight excluding hydrogens is 195 g/mol. The van der Waals surface area contributed by atoms with Crippen LogP contribution in [0, 0.1) is 12.7 Å². The second-order valence-corrected chi connectivity index (χ2v) is 3.44. The van der Waals surface area contributed by atoms with E-state index in [1.54, 1.807) is 13.0 Å². The average molecular weight is 206 g/mol. The Labute approximate surface area is 86.1 Å². The minimum absolute atomic E-state index is 0.0365. The lowest BCUT2D eigenvalue weighted by atomic mass is 10.1. The molecule has 3 nitrogen and oxygen atoms in total. The Kier molecular flexibility index (Phi) is 2.28. The third-order valence-corrected chi connectivity index (χ3v) is 2.41. The summed E-state index contributed by atoms with van der Waals surface area (Å²) in [6.07, 6.45) is 0. The second kappa shape index (κ2) is 3.47. The molecule has 0 aliphatic rings. The second-order valence-electron chi connectivity index (χ2n) is 3.44. The average Bonchev–Trinajstić information content (AvgIpc) is 2.52. The van der Waals surface area contributed by atoms with Crippen molar-refractivity contribution in [1.82, 2.24) is 4.98 Å². The van der Waals surface area contributed by atoms with Gasteiger partial charge in [0, 0.05) is 22.2 Å². The van der Waals surface area contributed by atoms with E-state index < -0.39 is 0 Å². The summed E-state index contributed by atoms with van der Waals surface area (Å²) in [5.74, 6) is -0.458. The lowest BCUT2D eigenvalue weighted by Crippen LogP contribution is -2.14. The van der Waals surface area contributed by atoms with Crippen molar-refractivity contribution in [2.24, 2.45) is 5.73 Å². The number of aromatic amines is 1. The summed E-state index contributed by atoms with van der Waals surface area (Å²) in [6.45, 7) is 1.74. The van der Waals surface area contributed by atoms with Gasteiger partial charge in [0.2, 0.25) is 0 Å². The minimum Gasteiger partial charge on any atom is -0.358 e. The highest BCUT2D eigenvalue weighted by Gasteiger charge is 2.14. The molecule has 0 saturated heterocycles. The third kappa shape index (κ3) is 1.53. The van der Waals surface area contributed by atoms with Crippen molar-refractivity contribution in [2.45, 2.75) is 6.92 Å². The molecule has 0 atom stereocenters. The van der Waals surface area contributed by atoms with Crippen molar-refractivity contribution >= 4 is 16.7 Å². The fraction of sp³-hybridized carbons (Fsp3) is 0.182. The quantitative estimate of drug-likeness (QED) is 0.735. The van der Waals surface area contributed by atoms with Crippen LogP contribution in [0.15, 0.2) is 18.2 Å². The van der Waals surface area contributed by atoms with Crippen molar-refractivity contribution in [1.29, 1.82) is 0 Å². The van der Waals surface area contributed by atoms with Gasteiger partial charge in [0.25, 0.3) is 0 Å². The number of benzene rings is 1. The van der Waals surface area contributed by atoms with Crippen LogP contribution in [-0.2, 0) is 0 Å². The molecule has 4 heteroatoms. The number of H-pyrrole nitrogens is 1. The van der Waals surface area contributed by atoms with E-state index in [4.69, 9.17) is 5.73 Å². The van der Waals surface area contributed by atoms with Crippen LogP contribution in [0.25, 0.3) is 10.9 Å². The van der Waals surface area contributed by atoms with Gasteiger partial charge in [-0.25, -0.2) is 4.39 Å². The van der Waals surface area contributed by atoms with Crippen LogP contribution in [0.2, 0.25) is 0 Å². The van der Waals surface area contributed by atoms with Gasteiger partial charge in [-0.15, -0.1) is 0 Å². The summed E-state index contributed by atoms with van der Waals surface area (Å²) < 4.78 is 12.9. The molecule has 2 aromatic rings. The van der Waals surface area contributed by atoms with E-state index in [-0.39, 0.29) is 18.1 Å². The SMILES string of the molecule is Cc1[nH]c2cc(F)ccc2c1C(=O)CN. The topological polar surface area (TPSA) is 58.9 Å². The first-order chi connectivity index (χ1) is 7.13. The van der Waals surface area contributed by atoms with Gasteiger partial charge in [-0.2, -0.15) is 0 Å². The number of carbonyl (C=O) groups excluding carboxylic acids is 1. The predicted octanol–water partition coefficient (Wildman–Crippen LogP) is 1.76. The molecule has 0 saturated carbocycles. The Bertz CT molecular complexity index is 531. The van der Waals surface area contributed by atoms with E-state index in [9.17, 15) is 9.18 Å². The van der Waals surface area contributed by atoms with Crippen LogP contribution in [0.1, 0.15) is 16.1 Å². The van der Waals surface area contributed by atoms with E-state index >= 15 is 0 Å². The molecule has 0 bridgehead atoms. The van der Waals surface area contributed by atoms with Crippen LogP contribution in [0.5, 0.6) is 0 Å². The third-order valence-electron chi connectivity index (χ3n) is 2.41. The van der Waals surface area contributed by atoms with Crippen molar-refractivity contribution < 1.29 is 9.18 Å². The molecule has 1 aromatic heterocycles. The molecule has 15 heavy (non-hydrogen) atoms. The zero-order valence-corrected chi connectivity index (χ0v) is 8.30. The molecule has 1 heterocycles. The predicted molar refractivity (Wildman–Crippen MR) is 56.4 cm³/mol. The fourth-order valence-electron chi connectivity index (χ4n) is 1.77. The van der Waals surface area contributed by atoms with Gasteiger partial charge in [0.05, 0.1) is 6.54 Å². The van der Waals surface area contributed by atoms with E-state index in [1.165, 1.54) is 12.1 Å². The molecule has 0 radical (unpaired) electrons. The number of aryl methyl sites for hydroxylation is 1. The molecular formula is C11H11FN2O. The summed E-state index contributed by atoms with van der Waals surface area (Å²) in [6, 6.07) is 4.30. The van der Waals surface area contributed by atoms with Gasteiger partial charge in [-0.3, -0.25) is 4.79 Å². The Morgan fingerprint density at radius 3 is 2.93 bits per heavy atom. The molecule has 2 rings (SSSR count). The van der Waals surface area contributed by atoms with Crippen LogP contribution in [-0.4, -0.2) is 17.3 Å². The maximum atomic E-state index is 12.9. The molecule has 0 aliphatic carbocycles. The molecule has 0 spiro atoms. The van der Waals surface area contributed by atoms with Crippen molar-refractivity contribution in [3.63, 3.8) is 0 Å². The zero-order chi connectivity index (χ0) is 11.0. The van der Waals surface area contributed by atoms with Crippen molar-refractivity contribution in [3.8, 4) is 0 Å². The number of aromatic nitrogens is 1. The van der Waals surface area contributed by atoms with E-state index in [0.717, 1.165) is 11.1 Å². The number of halogens is 1. The summed E-state index contributed by atoms with van der Waals surface area (Å²) in [4.78, 5) is 14.5. The maximum Gasteiger partial charge on any atom is 0.178 e. The highest BCUT2D eigenvalue weighted by Crippen LogP contribution is 2.22. The van der Waals surface area contributed by atoms with E-state index in [1.807, 2.05) is 0 Å². The first-order valence-corrected chi connectivity index (χ1v) is 4.64. The maximum absolute atomic E-state index is 12.9. The van der Waals surface area contributed by atoms with Gasteiger partial charge in [0.1, 0.15) is 5.82 Å². The molecule has 0 aliphatic heterocycles. The summed E-state index contributed by atoms with van der Waals surface area (Å²) in [5.41, 5.74) is 7.23. The molecule has 1 aromatic carbocycles. The normalized spacial score (nSPS) is 10.9. The highest BCUT2D eigenvalue weighted by atomic mass is 19.1. The Morgan fingerprint density at radius 1 is 1.53 bits per heavy atom. The largest absolute Gasteiger partial charge is 0.358 e.